The largest absolute Gasteiger partial charge is 0.454 e. The highest BCUT2D eigenvalue weighted by molar-refractivity contribution is 6.04. The van der Waals surface area contributed by atoms with Crippen molar-refractivity contribution in [2.75, 3.05) is 6.61 Å². The molecule has 0 atom stereocenters. The predicted octanol–water partition coefficient (Wildman–Crippen LogP) is 4.34. The van der Waals surface area contributed by atoms with Gasteiger partial charge in [-0.2, -0.15) is 0 Å². The molecule has 0 aliphatic carbocycles. The lowest BCUT2D eigenvalue weighted by Gasteiger charge is -2.10. The van der Waals surface area contributed by atoms with Gasteiger partial charge < -0.3 is 14.3 Å². The number of hydrogen-bond acceptors (Lipinski definition) is 4. The van der Waals surface area contributed by atoms with Gasteiger partial charge in [0.25, 0.3) is 0 Å². The number of carbonyl (C=O) groups is 3. The average Bonchev–Trinajstić information content (AvgIpc) is 3.16. The number of benzene rings is 1. The van der Waals surface area contributed by atoms with Crippen LogP contribution in [0.25, 0.3) is 0 Å². The zero-order valence-electron chi connectivity index (χ0n) is 18.0. The Bertz CT molecular complexity index is 1120. The lowest BCUT2D eigenvalue weighted by atomic mass is 10.1. The first-order valence-corrected chi connectivity index (χ1v) is 9.81. The highest BCUT2D eigenvalue weighted by Gasteiger charge is 2.22. The van der Waals surface area contributed by atoms with Crippen LogP contribution in [0.2, 0.25) is 0 Å². The molecule has 0 aliphatic heterocycles. The Kier molecular flexibility index (Phi) is 6.06. The number of aromatic amines is 1. The third-order valence-electron chi connectivity index (χ3n) is 5.38. The molecule has 0 amide bonds. The topological polar surface area (TPSA) is 81.2 Å². The molecule has 30 heavy (non-hydrogen) atoms. The van der Waals surface area contributed by atoms with Crippen LogP contribution in [0.5, 0.6) is 0 Å². The summed E-state index contributed by atoms with van der Waals surface area (Å²) in [5.41, 5.74) is 5.35. The van der Waals surface area contributed by atoms with Crippen LogP contribution in [0.15, 0.2) is 36.4 Å². The number of nitrogens with one attached hydrogen (secondary N) is 1. The molecular formula is C24H26N2O4. The van der Waals surface area contributed by atoms with E-state index < -0.39 is 5.97 Å². The molecule has 2 heterocycles. The molecule has 156 valence electrons. The van der Waals surface area contributed by atoms with Crippen molar-refractivity contribution >= 4 is 17.5 Å². The van der Waals surface area contributed by atoms with Crippen molar-refractivity contribution in [2.45, 2.75) is 41.2 Å². The lowest BCUT2D eigenvalue weighted by molar-refractivity contribution is 0.0472. The van der Waals surface area contributed by atoms with Gasteiger partial charge in [-0.15, -0.1) is 0 Å². The van der Waals surface area contributed by atoms with Gasteiger partial charge in [0.05, 0.1) is 11.3 Å². The Morgan fingerprint density at radius 1 is 1.03 bits per heavy atom. The number of carbonyl (C=O) groups excluding carboxylic acids is 3. The van der Waals surface area contributed by atoms with Gasteiger partial charge in [0, 0.05) is 29.2 Å². The molecule has 3 rings (SSSR count). The number of aryl methyl sites for hydroxylation is 2. The summed E-state index contributed by atoms with van der Waals surface area (Å²) in [7, 11) is 0. The van der Waals surface area contributed by atoms with Gasteiger partial charge in [0.15, 0.2) is 12.4 Å². The van der Waals surface area contributed by atoms with Crippen molar-refractivity contribution in [3.8, 4) is 0 Å². The normalized spacial score (nSPS) is 10.8. The molecule has 3 aromatic rings. The van der Waals surface area contributed by atoms with Gasteiger partial charge in [-0.25, -0.2) is 4.79 Å². The van der Waals surface area contributed by atoms with Crippen LogP contribution in [-0.4, -0.2) is 33.7 Å². The van der Waals surface area contributed by atoms with E-state index in [-0.39, 0.29) is 18.2 Å². The van der Waals surface area contributed by atoms with Crippen molar-refractivity contribution in [1.29, 1.82) is 0 Å². The molecule has 1 N–H and O–H groups in total. The molecule has 2 aromatic heterocycles. The summed E-state index contributed by atoms with van der Waals surface area (Å²) >= 11 is 0. The van der Waals surface area contributed by atoms with E-state index in [2.05, 4.69) is 4.98 Å². The number of ketones is 2. The molecule has 0 saturated heterocycles. The SMILES string of the molecule is CC(=O)c1c(C)[nH]c(C(=O)COC(=O)c2cc(C)n(Cc3ccccc3)c2C)c1C. The van der Waals surface area contributed by atoms with E-state index in [9.17, 15) is 14.4 Å². The van der Waals surface area contributed by atoms with Crippen LogP contribution >= 0.6 is 0 Å². The maximum Gasteiger partial charge on any atom is 0.340 e. The molecule has 6 heteroatoms. The second kappa shape index (κ2) is 8.53. The minimum Gasteiger partial charge on any atom is -0.454 e. The molecule has 0 bridgehead atoms. The number of nitrogens with zero attached hydrogens (tertiary/aromatic N) is 1. The van der Waals surface area contributed by atoms with E-state index in [4.69, 9.17) is 4.74 Å². The Morgan fingerprint density at radius 3 is 2.30 bits per heavy atom. The zero-order valence-corrected chi connectivity index (χ0v) is 18.0. The van der Waals surface area contributed by atoms with Crippen molar-refractivity contribution in [3.05, 3.63) is 81.4 Å². The van der Waals surface area contributed by atoms with Gasteiger partial charge >= 0.3 is 5.97 Å². The van der Waals surface area contributed by atoms with Crippen LogP contribution in [0.1, 0.15) is 66.3 Å². The van der Waals surface area contributed by atoms with E-state index in [1.165, 1.54) is 6.92 Å². The Balaban J connectivity index is 1.73. The number of Topliss-reactive ketones (excluding diaryl/α,β-unsaturated/α-hetero) is 2. The number of ether oxygens (including phenoxy) is 1. The molecule has 0 radical (unpaired) electrons. The third-order valence-corrected chi connectivity index (χ3v) is 5.38. The maximum atomic E-state index is 12.6. The highest BCUT2D eigenvalue weighted by Crippen LogP contribution is 2.20. The van der Waals surface area contributed by atoms with Crippen LogP contribution in [0.4, 0.5) is 0 Å². The first kappa shape index (κ1) is 21.3. The quantitative estimate of drug-likeness (QED) is 0.467. The molecule has 0 aliphatic rings. The van der Waals surface area contributed by atoms with Gasteiger partial charge in [0.2, 0.25) is 5.78 Å². The van der Waals surface area contributed by atoms with E-state index in [1.54, 1.807) is 19.9 Å². The Morgan fingerprint density at radius 2 is 1.70 bits per heavy atom. The number of rotatable bonds is 7. The summed E-state index contributed by atoms with van der Waals surface area (Å²) in [6, 6.07) is 11.8. The Hall–Kier alpha value is -3.41. The van der Waals surface area contributed by atoms with Crippen molar-refractivity contribution in [1.82, 2.24) is 9.55 Å². The Labute approximate surface area is 175 Å². The number of aromatic nitrogens is 2. The molecule has 6 nitrogen and oxygen atoms in total. The highest BCUT2D eigenvalue weighted by atomic mass is 16.5. The van der Waals surface area contributed by atoms with Crippen LogP contribution in [-0.2, 0) is 11.3 Å². The molecule has 1 aromatic carbocycles. The summed E-state index contributed by atoms with van der Waals surface area (Å²) in [4.78, 5) is 39.9. The minimum atomic E-state index is -0.538. The van der Waals surface area contributed by atoms with Gasteiger partial charge in [-0.1, -0.05) is 30.3 Å². The fourth-order valence-corrected chi connectivity index (χ4v) is 3.86. The van der Waals surface area contributed by atoms with E-state index in [0.29, 0.717) is 34.6 Å². The molecule has 0 fully saturated rings. The van der Waals surface area contributed by atoms with E-state index in [0.717, 1.165) is 17.0 Å². The fraction of sp³-hybridized carbons (Fsp3) is 0.292. The van der Waals surface area contributed by atoms with Crippen LogP contribution < -0.4 is 0 Å². The standard InChI is InChI=1S/C24H26N2O4/c1-14-11-20(17(4)26(14)12-19-9-7-6-8-10-19)24(29)30-13-21(28)23-15(2)22(18(5)27)16(3)25-23/h6-11,25H,12-13H2,1-5H3. The second-order valence-electron chi connectivity index (χ2n) is 7.54. The molecule has 0 saturated carbocycles. The average molecular weight is 406 g/mol. The molecular weight excluding hydrogens is 380 g/mol. The summed E-state index contributed by atoms with van der Waals surface area (Å²) in [6.45, 7) is 8.99. The summed E-state index contributed by atoms with van der Waals surface area (Å²) < 4.78 is 7.35. The van der Waals surface area contributed by atoms with Crippen molar-refractivity contribution < 1.29 is 19.1 Å². The minimum absolute atomic E-state index is 0.108. The maximum absolute atomic E-state index is 12.6. The van der Waals surface area contributed by atoms with Gasteiger partial charge in [0.1, 0.15) is 0 Å². The number of esters is 1. The van der Waals surface area contributed by atoms with Gasteiger partial charge in [-0.3, -0.25) is 9.59 Å². The summed E-state index contributed by atoms with van der Waals surface area (Å²) in [6.07, 6.45) is 0. The molecule has 0 unspecified atom stereocenters. The monoisotopic (exact) mass is 406 g/mol. The van der Waals surface area contributed by atoms with Crippen molar-refractivity contribution in [2.24, 2.45) is 0 Å². The number of hydrogen-bond donors (Lipinski definition) is 1. The van der Waals surface area contributed by atoms with Crippen LogP contribution in [0, 0.1) is 27.7 Å². The smallest absolute Gasteiger partial charge is 0.340 e. The van der Waals surface area contributed by atoms with Gasteiger partial charge in [-0.05, 0) is 51.8 Å². The van der Waals surface area contributed by atoms with E-state index >= 15 is 0 Å². The predicted molar refractivity (Wildman–Crippen MR) is 114 cm³/mol. The van der Waals surface area contributed by atoms with Crippen molar-refractivity contribution in [3.63, 3.8) is 0 Å². The van der Waals surface area contributed by atoms with E-state index in [1.807, 2.05) is 48.7 Å². The zero-order chi connectivity index (χ0) is 22.0. The third kappa shape index (κ3) is 4.13. The lowest BCUT2D eigenvalue weighted by Crippen LogP contribution is -2.16. The first-order chi connectivity index (χ1) is 14.2. The molecule has 0 spiro atoms. The summed E-state index contributed by atoms with van der Waals surface area (Å²) in [5, 5.41) is 0. The first-order valence-electron chi connectivity index (χ1n) is 9.81. The second-order valence-corrected chi connectivity index (χ2v) is 7.54. The fourth-order valence-electron chi connectivity index (χ4n) is 3.86. The summed E-state index contributed by atoms with van der Waals surface area (Å²) in [5.74, 6) is -1.01. The number of H-pyrrole nitrogens is 1. The van der Waals surface area contributed by atoms with Crippen LogP contribution in [0.3, 0.4) is 0 Å².